The molecule has 0 aromatic heterocycles. The third kappa shape index (κ3) is 80.9. The zero-order valence-corrected chi connectivity index (χ0v) is 65.3. The number of carbonyl (C=O) groups is 3. The fraction of sp³-hybridized carbons (Fsp3) is 0.744. The second-order valence-electron chi connectivity index (χ2n) is 29.0. The molecule has 570 valence electrons. The molecule has 0 aromatic carbocycles. The van der Waals surface area contributed by atoms with Crippen molar-refractivity contribution in [3.8, 4) is 0 Å². The van der Waals surface area contributed by atoms with E-state index < -0.39 is 24.3 Å². The first-order valence-electron chi connectivity index (χ1n) is 41.7. The van der Waals surface area contributed by atoms with Gasteiger partial charge in [-0.25, -0.2) is 0 Å². The molecule has 2 atom stereocenters. The summed E-state index contributed by atoms with van der Waals surface area (Å²) in [5, 5.41) is 11.9. The van der Waals surface area contributed by atoms with Crippen molar-refractivity contribution in [1.29, 1.82) is 0 Å². The molecule has 2 unspecified atom stereocenters. The second kappa shape index (κ2) is 79.4. The number of hydrogen-bond donors (Lipinski definition) is 0. The fourth-order valence-corrected chi connectivity index (χ4v) is 11.9. The lowest BCUT2D eigenvalue weighted by Gasteiger charge is -2.26. The van der Waals surface area contributed by atoms with E-state index in [4.69, 9.17) is 18.9 Å². The monoisotopic (exact) mass is 1380 g/mol. The molecule has 0 fully saturated rings. The number of carboxylic acid groups (broad SMARTS) is 1. The van der Waals surface area contributed by atoms with Gasteiger partial charge in [0.15, 0.2) is 12.4 Å². The summed E-state index contributed by atoms with van der Waals surface area (Å²) in [7, 11) is 5.95. The highest BCUT2D eigenvalue weighted by Crippen LogP contribution is 2.19. The standard InChI is InChI=1S/C90H157NO8/c1-6-8-10-12-14-16-18-20-22-24-26-28-30-32-34-36-38-40-41-42-43-44-45-46-47-49-51-53-55-57-59-61-63-65-67-69-71-73-75-77-79-81-88(93)99-86(85-98-90(89(94)95)96-83-82-91(3,4)5)84-97-87(92)80-78-76-74-72-70-68-66-64-62-60-58-56-54-52-50-48-39-37-35-33-31-29-27-25-23-21-19-17-15-13-11-9-7-2/h8-11,14-17,20-23,26-29,32,34,38,40,86,90H,6-7,12-13,18-19,24-25,30-31,33,35-37,39,41-85H2,1-5H3/b10-8-,11-9-,16-14-,17-15-,22-20-,23-21-,28-26-,29-27-,34-32-,40-38-. The van der Waals surface area contributed by atoms with Crippen molar-refractivity contribution in [3.05, 3.63) is 122 Å². The summed E-state index contributed by atoms with van der Waals surface area (Å²) < 4.78 is 22.9. The zero-order chi connectivity index (χ0) is 71.8. The SMILES string of the molecule is CC/C=C\C/C=C\C/C=C\C/C=C\C/C=C\C/C=C\CCCCCCCCCCCCCCCCCCCCCCCCC(=O)OC(COC(=O)CCCCCCCCCCCCCCCCCCCCCC/C=C\C/C=C\C/C=C\C/C=C\CC)COC(OCC[N+](C)(C)C)C(=O)[O-]. The van der Waals surface area contributed by atoms with E-state index in [-0.39, 0.29) is 32.2 Å². The highest BCUT2D eigenvalue weighted by Gasteiger charge is 2.22. The van der Waals surface area contributed by atoms with Crippen molar-refractivity contribution in [2.24, 2.45) is 0 Å². The van der Waals surface area contributed by atoms with Gasteiger partial charge in [0.1, 0.15) is 13.2 Å². The Labute approximate surface area is 612 Å². The van der Waals surface area contributed by atoms with Crippen LogP contribution in [0.1, 0.15) is 373 Å². The Hall–Kier alpha value is -4.31. The van der Waals surface area contributed by atoms with Crippen LogP contribution in [0.15, 0.2) is 122 Å². The number of allylic oxidation sites excluding steroid dienone is 20. The number of esters is 2. The first-order chi connectivity index (χ1) is 48.6. The largest absolute Gasteiger partial charge is 0.545 e. The Morgan fingerprint density at radius 3 is 0.808 bits per heavy atom. The summed E-state index contributed by atoms with van der Waals surface area (Å²) >= 11 is 0. The number of ether oxygens (including phenoxy) is 4. The summed E-state index contributed by atoms with van der Waals surface area (Å²) in [6.45, 7) is 4.57. The van der Waals surface area contributed by atoms with Gasteiger partial charge in [-0.15, -0.1) is 0 Å². The molecule has 0 amide bonds. The van der Waals surface area contributed by atoms with Gasteiger partial charge in [0.05, 0.1) is 40.3 Å². The highest BCUT2D eigenvalue weighted by molar-refractivity contribution is 5.70. The Bertz CT molecular complexity index is 2050. The van der Waals surface area contributed by atoms with Crippen molar-refractivity contribution in [2.45, 2.75) is 386 Å². The molecule has 9 nitrogen and oxygen atoms in total. The quantitative estimate of drug-likeness (QED) is 0.0195. The molecule has 0 saturated carbocycles. The lowest BCUT2D eigenvalue weighted by molar-refractivity contribution is -0.870. The first kappa shape index (κ1) is 94.7. The number of carboxylic acids is 1. The number of nitrogens with zero attached hydrogens (tertiary/aromatic N) is 1. The van der Waals surface area contributed by atoms with Crippen LogP contribution in [-0.2, 0) is 33.3 Å². The van der Waals surface area contributed by atoms with Gasteiger partial charge >= 0.3 is 11.9 Å². The predicted molar refractivity (Wildman–Crippen MR) is 426 cm³/mol. The maximum absolute atomic E-state index is 13.0. The van der Waals surface area contributed by atoms with E-state index in [9.17, 15) is 19.5 Å². The molecule has 9 heteroatoms. The number of carbonyl (C=O) groups excluding carboxylic acids is 3. The van der Waals surface area contributed by atoms with E-state index in [1.807, 2.05) is 21.1 Å². The van der Waals surface area contributed by atoms with Crippen molar-refractivity contribution >= 4 is 17.9 Å². The van der Waals surface area contributed by atoms with Crippen molar-refractivity contribution in [2.75, 3.05) is 47.5 Å². The minimum atomic E-state index is -1.62. The number of aliphatic carboxylic acids is 1. The number of hydrogen-bond acceptors (Lipinski definition) is 8. The van der Waals surface area contributed by atoms with Crippen LogP contribution < -0.4 is 5.11 Å². The Morgan fingerprint density at radius 1 is 0.303 bits per heavy atom. The van der Waals surface area contributed by atoms with Crippen molar-refractivity contribution in [1.82, 2.24) is 0 Å². The molecule has 0 N–H and O–H groups in total. The predicted octanol–water partition coefficient (Wildman–Crippen LogP) is 25.7. The number of rotatable bonds is 77. The minimum absolute atomic E-state index is 0.147. The van der Waals surface area contributed by atoms with Gasteiger partial charge < -0.3 is 33.3 Å². The van der Waals surface area contributed by atoms with Crippen LogP contribution in [-0.4, -0.2) is 82.3 Å². The fourth-order valence-electron chi connectivity index (χ4n) is 11.9. The Morgan fingerprint density at radius 2 is 0.545 bits per heavy atom. The van der Waals surface area contributed by atoms with Gasteiger partial charge in [-0.05, 0) is 103 Å². The van der Waals surface area contributed by atoms with E-state index in [1.54, 1.807) is 0 Å². The summed E-state index contributed by atoms with van der Waals surface area (Å²) in [5.74, 6) is -2.26. The van der Waals surface area contributed by atoms with E-state index >= 15 is 0 Å². The van der Waals surface area contributed by atoms with Gasteiger partial charge in [-0.2, -0.15) is 0 Å². The summed E-state index contributed by atoms with van der Waals surface area (Å²) in [4.78, 5) is 37.7. The third-order valence-corrected chi connectivity index (χ3v) is 18.2. The van der Waals surface area contributed by atoms with Crippen LogP contribution in [0.2, 0.25) is 0 Å². The normalized spacial score (nSPS) is 13.3. The molecule has 0 rings (SSSR count). The average Bonchev–Trinajstić information content (AvgIpc) is 2.62. The molecule has 0 saturated heterocycles. The summed E-state index contributed by atoms with van der Waals surface area (Å²) in [5.41, 5.74) is 0. The summed E-state index contributed by atoms with van der Waals surface area (Å²) in [6, 6.07) is 0. The van der Waals surface area contributed by atoms with E-state index in [2.05, 4.69) is 135 Å². The van der Waals surface area contributed by atoms with Gasteiger partial charge in [-0.1, -0.05) is 379 Å². The van der Waals surface area contributed by atoms with E-state index in [0.29, 0.717) is 23.9 Å². The van der Waals surface area contributed by atoms with Crippen LogP contribution in [0.4, 0.5) is 0 Å². The number of quaternary nitrogens is 1. The number of likely N-dealkylation sites (N-methyl/N-ethyl adjacent to an activating group) is 1. The maximum Gasteiger partial charge on any atom is 0.306 e. The molecule has 0 aliphatic carbocycles. The Balaban J connectivity index is 3.97. The first-order valence-corrected chi connectivity index (χ1v) is 41.7. The molecule has 0 aliphatic heterocycles. The average molecular weight is 1380 g/mol. The maximum atomic E-state index is 13.0. The van der Waals surface area contributed by atoms with Gasteiger partial charge in [0, 0.05) is 12.8 Å². The van der Waals surface area contributed by atoms with E-state index in [0.717, 1.165) is 96.3 Å². The second-order valence-corrected chi connectivity index (χ2v) is 29.0. The third-order valence-electron chi connectivity index (χ3n) is 18.2. The van der Waals surface area contributed by atoms with Gasteiger partial charge in [0.25, 0.3) is 0 Å². The minimum Gasteiger partial charge on any atom is -0.545 e. The molecule has 0 radical (unpaired) electrons. The topological polar surface area (TPSA) is 111 Å². The lowest BCUT2D eigenvalue weighted by Crippen LogP contribution is -2.44. The van der Waals surface area contributed by atoms with Crippen LogP contribution in [0, 0.1) is 0 Å². The molecule has 0 aromatic rings. The van der Waals surface area contributed by atoms with Crippen molar-refractivity contribution < 1.29 is 42.9 Å². The molecule has 0 heterocycles. The zero-order valence-electron chi connectivity index (χ0n) is 65.3. The van der Waals surface area contributed by atoms with Gasteiger partial charge in [-0.3, -0.25) is 9.59 Å². The van der Waals surface area contributed by atoms with Crippen LogP contribution >= 0.6 is 0 Å². The highest BCUT2D eigenvalue weighted by atomic mass is 16.7. The molecular formula is C90H157NO8. The summed E-state index contributed by atoms with van der Waals surface area (Å²) in [6.07, 6.45) is 110. The van der Waals surface area contributed by atoms with Crippen molar-refractivity contribution in [3.63, 3.8) is 0 Å². The molecular weight excluding hydrogens is 1220 g/mol. The van der Waals surface area contributed by atoms with Crippen LogP contribution in [0.25, 0.3) is 0 Å². The van der Waals surface area contributed by atoms with Crippen LogP contribution in [0.5, 0.6) is 0 Å². The number of unbranched alkanes of at least 4 members (excludes halogenated alkanes) is 42. The lowest BCUT2D eigenvalue weighted by atomic mass is 10.0. The smallest absolute Gasteiger partial charge is 0.306 e. The molecule has 0 spiro atoms. The molecule has 0 aliphatic rings. The van der Waals surface area contributed by atoms with E-state index in [1.165, 1.54) is 244 Å². The molecule has 99 heavy (non-hydrogen) atoms. The molecule has 0 bridgehead atoms. The van der Waals surface area contributed by atoms with Gasteiger partial charge in [0.2, 0.25) is 0 Å². The van der Waals surface area contributed by atoms with Crippen LogP contribution in [0.3, 0.4) is 0 Å². The Kier molecular flexibility index (Phi) is 75.9.